The molecule has 1 saturated heterocycles. The molecular formula is C13H16N2O8S. The van der Waals surface area contributed by atoms with Crippen molar-refractivity contribution in [1.82, 2.24) is 10.4 Å². The van der Waals surface area contributed by atoms with Gasteiger partial charge in [-0.05, 0) is 19.1 Å². The quantitative estimate of drug-likeness (QED) is 0.525. The molecule has 1 aliphatic heterocycles. The second-order valence-electron chi connectivity index (χ2n) is 4.90. The van der Waals surface area contributed by atoms with Crippen molar-refractivity contribution < 1.29 is 36.3 Å². The molecule has 10 nitrogen and oxygen atoms in total. The van der Waals surface area contributed by atoms with Crippen molar-refractivity contribution in [3.05, 3.63) is 23.8 Å². The fraction of sp³-hybridized carbons (Fsp3) is 0.385. The number of amides is 2. The zero-order chi connectivity index (χ0) is 18.1. The third-order valence-electron chi connectivity index (χ3n) is 3.45. The molecule has 0 spiro atoms. The van der Waals surface area contributed by atoms with Crippen LogP contribution in [0.1, 0.15) is 17.3 Å². The molecule has 1 aromatic carbocycles. The van der Waals surface area contributed by atoms with Gasteiger partial charge in [-0.25, -0.2) is 0 Å². The number of carbonyl (C=O) groups is 2. The van der Waals surface area contributed by atoms with E-state index in [2.05, 4.69) is 9.60 Å². The summed E-state index contributed by atoms with van der Waals surface area (Å²) in [5.74, 6) is -0.960. The molecule has 1 aliphatic rings. The lowest BCUT2D eigenvalue weighted by atomic mass is 9.99. The second-order valence-corrected chi connectivity index (χ2v) is 5.90. The van der Waals surface area contributed by atoms with Crippen LogP contribution in [0, 0.1) is 0 Å². The Balaban J connectivity index is 2.16. The molecule has 0 radical (unpaired) electrons. The third-order valence-corrected chi connectivity index (χ3v) is 3.80. The number of hydrogen-bond donors (Lipinski definition) is 2. The van der Waals surface area contributed by atoms with Crippen molar-refractivity contribution in [3.8, 4) is 11.5 Å². The van der Waals surface area contributed by atoms with Crippen LogP contribution in [-0.2, 0) is 19.5 Å². The van der Waals surface area contributed by atoms with Crippen LogP contribution in [0.2, 0.25) is 0 Å². The van der Waals surface area contributed by atoms with Gasteiger partial charge in [0.15, 0.2) is 0 Å². The van der Waals surface area contributed by atoms with E-state index in [4.69, 9.17) is 14.0 Å². The minimum atomic E-state index is -4.82. The number of methoxy groups -OCH3 is 2. The van der Waals surface area contributed by atoms with Gasteiger partial charge >= 0.3 is 10.4 Å². The lowest BCUT2D eigenvalue weighted by Gasteiger charge is -2.42. The summed E-state index contributed by atoms with van der Waals surface area (Å²) >= 11 is 0. The lowest BCUT2D eigenvalue weighted by molar-refractivity contribution is -0.195. The molecule has 2 atom stereocenters. The van der Waals surface area contributed by atoms with Gasteiger partial charge < -0.3 is 14.8 Å². The number of nitrogens with one attached hydrogen (secondary N) is 1. The molecule has 0 bridgehead atoms. The van der Waals surface area contributed by atoms with Crippen LogP contribution in [-0.4, -0.2) is 56.2 Å². The van der Waals surface area contributed by atoms with Gasteiger partial charge in [0.1, 0.15) is 23.1 Å². The molecule has 1 heterocycles. The first-order valence-electron chi connectivity index (χ1n) is 6.71. The number of benzene rings is 1. The van der Waals surface area contributed by atoms with Gasteiger partial charge in [-0.3, -0.25) is 14.1 Å². The summed E-state index contributed by atoms with van der Waals surface area (Å²) in [6.07, 6.45) is 0. The number of hydrogen-bond acceptors (Lipinski definition) is 7. The molecule has 1 unspecified atom stereocenters. The second kappa shape index (κ2) is 6.63. The Morgan fingerprint density at radius 1 is 1.25 bits per heavy atom. The molecule has 2 N–H and O–H groups in total. The molecule has 1 aromatic rings. The number of ether oxygens (including phenoxy) is 2. The van der Waals surface area contributed by atoms with Gasteiger partial charge in [0.2, 0.25) is 0 Å². The van der Waals surface area contributed by atoms with Crippen molar-refractivity contribution in [1.29, 1.82) is 0 Å². The van der Waals surface area contributed by atoms with Crippen molar-refractivity contribution in [2.45, 2.75) is 19.0 Å². The predicted octanol–water partition coefficient (Wildman–Crippen LogP) is -0.233. The van der Waals surface area contributed by atoms with Crippen LogP contribution >= 0.6 is 0 Å². The minimum absolute atomic E-state index is 0.0941. The Bertz CT molecular complexity index is 741. The summed E-state index contributed by atoms with van der Waals surface area (Å²) in [7, 11) is -2.06. The topological polar surface area (TPSA) is 131 Å². The monoisotopic (exact) mass is 360 g/mol. The van der Waals surface area contributed by atoms with Gasteiger partial charge in [0, 0.05) is 0 Å². The van der Waals surface area contributed by atoms with E-state index in [1.54, 1.807) is 18.2 Å². The van der Waals surface area contributed by atoms with Gasteiger partial charge in [-0.15, -0.1) is 4.28 Å². The normalized spacial score (nSPS) is 20.3. The zero-order valence-electron chi connectivity index (χ0n) is 13.0. The van der Waals surface area contributed by atoms with Crippen LogP contribution in [0.15, 0.2) is 18.2 Å². The van der Waals surface area contributed by atoms with Crippen LogP contribution in [0.25, 0.3) is 0 Å². The first-order chi connectivity index (χ1) is 11.2. The fourth-order valence-electron chi connectivity index (χ4n) is 2.27. The van der Waals surface area contributed by atoms with Gasteiger partial charge in [0.05, 0.1) is 20.3 Å². The van der Waals surface area contributed by atoms with E-state index in [1.165, 1.54) is 21.1 Å². The van der Waals surface area contributed by atoms with Crippen LogP contribution in [0.5, 0.6) is 11.5 Å². The summed E-state index contributed by atoms with van der Waals surface area (Å²) in [6.45, 7) is 1.44. The van der Waals surface area contributed by atoms with E-state index in [0.29, 0.717) is 5.06 Å². The Kier molecular flexibility index (Phi) is 4.96. The third kappa shape index (κ3) is 3.42. The molecule has 0 aliphatic carbocycles. The summed E-state index contributed by atoms with van der Waals surface area (Å²) < 4.78 is 44.3. The Morgan fingerprint density at radius 2 is 1.79 bits per heavy atom. The van der Waals surface area contributed by atoms with E-state index in [9.17, 15) is 18.0 Å². The SMILES string of the molecule is COc1cccc(OC)c1C(=O)N[C@@H]1C(=O)N(OS(=O)(=O)O)C1C. The smallest absolute Gasteiger partial charge is 0.418 e. The highest BCUT2D eigenvalue weighted by atomic mass is 32.3. The highest BCUT2D eigenvalue weighted by Gasteiger charge is 2.49. The molecule has 2 amide bonds. The maximum Gasteiger partial charge on any atom is 0.418 e. The van der Waals surface area contributed by atoms with Gasteiger partial charge in [-0.1, -0.05) is 6.07 Å². The number of nitrogens with zero attached hydrogens (tertiary/aromatic N) is 1. The molecule has 2 rings (SSSR count). The summed E-state index contributed by atoms with van der Waals surface area (Å²) in [5, 5.41) is 2.91. The molecule has 1 fully saturated rings. The Morgan fingerprint density at radius 3 is 2.21 bits per heavy atom. The van der Waals surface area contributed by atoms with Crippen molar-refractivity contribution >= 4 is 22.2 Å². The highest BCUT2D eigenvalue weighted by Crippen LogP contribution is 2.29. The van der Waals surface area contributed by atoms with E-state index < -0.39 is 34.3 Å². The molecule has 24 heavy (non-hydrogen) atoms. The summed E-state index contributed by atoms with van der Waals surface area (Å²) in [4.78, 5) is 24.3. The van der Waals surface area contributed by atoms with E-state index >= 15 is 0 Å². The molecule has 132 valence electrons. The number of hydroxylamine groups is 2. The van der Waals surface area contributed by atoms with Crippen molar-refractivity contribution in [2.24, 2.45) is 0 Å². The van der Waals surface area contributed by atoms with Crippen molar-refractivity contribution in [3.63, 3.8) is 0 Å². The fourth-order valence-corrected chi connectivity index (χ4v) is 2.69. The number of carbonyl (C=O) groups excluding carboxylic acids is 2. The zero-order valence-corrected chi connectivity index (χ0v) is 13.9. The standard InChI is InChI=1S/C13H16N2O8S/c1-7-11(13(17)15(7)23-24(18,19)20)14-12(16)10-8(21-2)5-4-6-9(10)22-3/h4-7,11H,1-3H3,(H,14,16)(H,18,19,20)/t7?,11-/m0/s1. The van der Waals surface area contributed by atoms with Crippen LogP contribution in [0.3, 0.4) is 0 Å². The van der Waals surface area contributed by atoms with Crippen molar-refractivity contribution in [2.75, 3.05) is 14.2 Å². The van der Waals surface area contributed by atoms with E-state index in [1.807, 2.05) is 0 Å². The number of rotatable bonds is 6. The average Bonchev–Trinajstić information content (AvgIpc) is 2.55. The maximum atomic E-state index is 12.4. The molecule has 0 aromatic heterocycles. The number of β-lactam (4-membered cyclic amide) rings is 1. The summed E-state index contributed by atoms with van der Waals surface area (Å²) in [5.41, 5.74) is 0.0941. The predicted molar refractivity (Wildman–Crippen MR) is 79.7 cm³/mol. The lowest BCUT2D eigenvalue weighted by Crippen LogP contribution is -2.69. The maximum absolute atomic E-state index is 12.4. The molecule has 0 saturated carbocycles. The summed E-state index contributed by atoms with van der Waals surface area (Å²) in [6, 6.07) is 2.92. The van der Waals surface area contributed by atoms with Crippen LogP contribution < -0.4 is 14.8 Å². The Hall–Kier alpha value is -2.37. The first-order valence-corrected chi connectivity index (χ1v) is 8.08. The largest absolute Gasteiger partial charge is 0.496 e. The average molecular weight is 360 g/mol. The van der Waals surface area contributed by atoms with Gasteiger partial charge in [0.25, 0.3) is 11.8 Å². The highest BCUT2D eigenvalue weighted by molar-refractivity contribution is 7.80. The Labute approximate surface area is 138 Å². The first kappa shape index (κ1) is 18.0. The van der Waals surface area contributed by atoms with E-state index in [-0.39, 0.29) is 17.1 Å². The minimum Gasteiger partial charge on any atom is -0.496 e. The molecule has 11 heteroatoms. The van der Waals surface area contributed by atoms with Gasteiger partial charge in [-0.2, -0.15) is 13.5 Å². The van der Waals surface area contributed by atoms with Crippen LogP contribution in [0.4, 0.5) is 0 Å². The van der Waals surface area contributed by atoms with E-state index in [0.717, 1.165) is 0 Å². The molecular weight excluding hydrogens is 344 g/mol.